The average Bonchev–Trinajstić information content (AvgIpc) is 3.39. The van der Waals surface area contributed by atoms with Crippen LogP contribution in [0.5, 0.6) is 0 Å². The molecule has 1 aromatic carbocycles. The number of carbonyl (C=O) groups is 1. The Bertz CT molecular complexity index is 1040. The molecule has 3 aromatic rings. The number of benzene rings is 1. The van der Waals surface area contributed by atoms with Crippen LogP contribution in [-0.4, -0.2) is 48.7 Å². The van der Waals surface area contributed by atoms with E-state index >= 15 is 0 Å². The Kier molecular flexibility index (Phi) is 5.15. The molecule has 8 nitrogen and oxygen atoms in total. The van der Waals surface area contributed by atoms with Crippen molar-refractivity contribution in [2.75, 3.05) is 6.54 Å². The van der Waals surface area contributed by atoms with E-state index in [0.717, 1.165) is 12.8 Å². The summed E-state index contributed by atoms with van der Waals surface area (Å²) >= 11 is 0. The van der Waals surface area contributed by atoms with Gasteiger partial charge < -0.3 is 14.5 Å². The Balaban J connectivity index is 1.63. The molecular formula is C21H24FN5O3. The number of hydrogen-bond acceptors (Lipinski definition) is 6. The predicted molar refractivity (Wildman–Crippen MR) is 106 cm³/mol. The zero-order chi connectivity index (χ0) is 21.5. The first-order valence-electron chi connectivity index (χ1n) is 9.90. The molecule has 2 aromatic heterocycles. The molecule has 9 heteroatoms. The number of rotatable bonds is 4. The van der Waals surface area contributed by atoms with E-state index < -0.39 is 11.4 Å². The summed E-state index contributed by atoms with van der Waals surface area (Å²) in [5.41, 5.74) is -0.0313. The maximum absolute atomic E-state index is 14.0. The van der Waals surface area contributed by atoms with Gasteiger partial charge >= 0.3 is 0 Å². The lowest BCUT2D eigenvalue weighted by Crippen LogP contribution is -2.45. The molecule has 3 heterocycles. The Hall–Kier alpha value is -3.07. The van der Waals surface area contributed by atoms with Gasteiger partial charge in [-0.1, -0.05) is 5.16 Å². The Morgan fingerprint density at radius 1 is 1.23 bits per heavy atom. The fraction of sp³-hybridized carbons (Fsp3) is 0.429. The predicted octanol–water partition coefficient (Wildman–Crippen LogP) is 3.03. The number of carbonyl (C=O) groups excluding carboxylic acids is 1. The van der Waals surface area contributed by atoms with Crippen LogP contribution in [0.15, 0.2) is 41.2 Å². The van der Waals surface area contributed by atoms with Crippen molar-refractivity contribution < 1.29 is 18.8 Å². The van der Waals surface area contributed by atoms with Crippen LogP contribution in [0.3, 0.4) is 0 Å². The largest absolute Gasteiger partial charge is 0.384 e. The lowest BCUT2D eigenvalue weighted by Gasteiger charge is -2.37. The fourth-order valence-electron chi connectivity index (χ4n) is 3.74. The summed E-state index contributed by atoms with van der Waals surface area (Å²) in [6.45, 7) is 5.66. The number of halogens is 1. The number of amides is 1. The summed E-state index contributed by atoms with van der Waals surface area (Å²) in [6.07, 6.45) is 4.59. The molecule has 2 atom stereocenters. The molecule has 1 N–H and O–H groups in total. The summed E-state index contributed by atoms with van der Waals surface area (Å²) in [7, 11) is 0. The van der Waals surface area contributed by atoms with Crippen LogP contribution in [0.1, 0.15) is 61.3 Å². The molecule has 158 valence electrons. The van der Waals surface area contributed by atoms with E-state index in [4.69, 9.17) is 4.52 Å². The maximum atomic E-state index is 14.0. The Morgan fingerprint density at radius 2 is 1.97 bits per heavy atom. The maximum Gasteiger partial charge on any atom is 0.256 e. The van der Waals surface area contributed by atoms with Crippen molar-refractivity contribution in [2.45, 2.75) is 51.2 Å². The molecule has 0 unspecified atom stereocenters. The van der Waals surface area contributed by atoms with Gasteiger partial charge in [-0.2, -0.15) is 15.0 Å². The van der Waals surface area contributed by atoms with E-state index in [1.807, 2.05) is 6.92 Å². The Labute approximate surface area is 173 Å². The van der Waals surface area contributed by atoms with Crippen LogP contribution in [0.2, 0.25) is 0 Å². The third-order valence-corrected chi connectivity index (χ3v) is 5.52. The highest BCUT2D eigenvalue weighted by atomic mass is 19.1. The highest BCUT2D eigenvalue weighted by Crippen LogP contribution is 2.33. The van der Waals surface area contributed by atoms with Crippen LogP contribution in [0.4, 0.5) is 4.39 Å². The van der Waals surface area contributed by atoms with Gasteiger partial charge in [0.1, 0.15) is 22.9 Å². The van der Waals surface area contributed by atoms with Crippen molar-refractivity contribution in [3.8, 4) is 5.69 Å². The highest BCUT2D eigenvalue weighted by Gasteiger charge is 2.34. The lowest BCUT2D eigenvalue weighted by molar-refractivity contribution is 0.0594. The lowest BCUT2D eigenvalue weighted by atomic mass is 9.90. The van der Waals surface area contributed by atoms with Gasteiger partial charge in [0.25, 0.3) is 5.91 Å². The molecule has 1 saturated heterocycles. The van der Waals surface area contributed by atoms with Crippen LogP contribution in [-0.2, 0) is 5.60 Å². The van der Waals surface area contributed by atoms with Crippen molar-refractivity contribution in [3.05, 3.63) is 59.5 Å². The minimum atomic E-state index is -1.10. The van der Waals surface area contributed by atoms with Crippen LogP contribution >= 0.6 is 0 Å². The monoisotopic (exact) mass is 413 g/mol. The molecule has 0 aliphatic carbocycles. The number of nitrogens with zero attached hydrogens (tertiary/aromatic N) is 5. The molecule has 0 spiro atoms. The van der Waals surface area contributed by atoms with Crippen molar-refractivity contribution in [3.63, 3.8) is 0 Å². The van der Waals surface area contributed by atoms with Gasteiger partial charge in [0.05, 0.1) is 23.6 Å². The molecule has 1 aliphatic rings. The van der Waals surface area contributed by atoms with Crippen molar-refractivity contribution >= 4 is 5.91 Å². The number of likely N-dealkylation sites (tertiary alicyclic amines) is 1. The first kappa shape index (κ1) is 20.2. The number of hydrogen-bond donors (Lipinski definition) is 1. The van der Waals surface area contributed by atoms with E-state index in [2.05, 4.69) is 15.4 Å². The number of aromatic nitrogens is 4. The molecule has 1 aliphatic heterocycles. The normalized spacial score (nSPS) is 19.8. The van der Waals surface area contributed by atoms with E-state index in [0.29, 0.717) is 23.7 Å². The summed E-state index contributed by atoms with van der Waals surface area (Å²) in [4.78, 5) is 16.5. The zero-order valence-corrected chi connectivity index (χ0v) is 17.1. The van der Waals surface area contributed by atoms with Gasteiger partial charge in [-0.15, -0.1) is 0 Å². The van der Waals surface area contributed by atoms with Crippen LogP contribution in [0, 0.1) is 5.82 Å². The third-order valence-electron chi connectivity index (χ3n) is 5.52. The Morgan fingerprint density at radius 3 is 2.63 bits per heavy atom. The summed E-state index contributed by atoms with van der Waals surface area (Å²) in [5, 5.41) is 22.3. The zero-order valence-electron chi connectivity index (χ0n) is 17.1. The number of aliphatic hydroxyl groups is 1. The second kappa shape index (κ2) is 7.64. The van der Waals surface area contributed by atoms with Gasteiger partial charge in [-0.25, -0.2) is 4.39 Å². The number of piperidine rings is 1. The van der Waals surface area contributed by atoms with Gasteiger partial charge in [0.15, 0.2) is 0 Å². The first-order chi connectivity index (χ1) is 14.2. The van der Waals surface area contributed by atoms with E-state index in [1.165, 1.54) is 35.4 Å². The van der Waals surface area contributed by atoms with Crippen LogP contribution < -0.4 is 0 Å². The molecule has 30 heavy (non-hydrogen) atoms. The molecular weight excluding hydrogens is 389 g/mol. The van der Waals surface area contributed by atoms with E-state index in [-0.39, 0.29) is 23.4 Å². The highest BCUT2D eigenvalue weighted by molar-refractivity contribution is 5.98. The van der Waals surface area contributed by atoms with Crippen LogP contribution in [0.25, 0.3) is 5.69 Å². The molecule has 0 saturated carbocycles. The molecule has 4 rings (SSSR count). The quantitative estimate of drug-likeness (QED) is 0.706. The summed E-state index contributed by atoms with van der Waals surface area (Å²) in [5.74, 6) is -0.222. The van der Waals surface area contributed by atoms with Crippen molar-refractivity contribution in [1.29, 1.82) is 0 Å². The standard InChI is InChI=1S/C21H24FN5O3/c1-13-4-5-14(18-11-19(25-30-18)21(2,3)29)12-26(13)20(28)16-10-15(22)6-7-17(16)27-23-8-9-24-27/h6-11,13-14,29H,4-5,12H2,1-3H3/t13-,14-/m1/s1. The molecule has 1 amide bonds. The van der Waals surface area contributed by atoms with Gasteiger partial charge in [0, 0.05) is 24.6 Å². The van der Waals surface area contributed by atoms with E-state index in [9.17, 15) is 14.3 Å². The first-order valence-corrected chi connectivity index (χ1v) is 9.90. The minimum Gasteiger partial charge on any atom is -0.384 e. The molecule has 0 radical (unpaired) electrons. The SMILES string of the molecule is C[C@@H]1CC[C@@H](c2cc(C(C)(C)O)no2)CN1C(=O)c1cc(F)ccc1-n1nccn1. The summed E-state index contributed by atoms with van der Waals surface area (Å²) in [6, 6.07) is 5.72. The summed E-state index contributed by atoms with van der Waals surface area (Å²) < 4.78 is 19.5. The fourth-order valence-corrected chi connectivity index (χ4v) is 3.74. The van der Waals surface area contributed by atoms with Gasteiger partial charge in [0.2, 0.25) is 0 Å². The average molecular weight is 413 g/mol. The van der Waals surface area contributed by atoms with Gasteiger partial charge in [-0.05, 0) is 51.8 Å². The smallest absolute Gasteiger partial charge is 0.256 e. The van der Waals surface area contributed by atoms with E-state index in [1.54, 1.807) is 24.8 Å². The van der Waals surface area contributed by atoms with Gasteiger partial charge in [-0.3, -0.25) is 4.79 Å². The molecule has 0 bridgehead atoms. The molecule has 1 fully saturated rings. The second-order valence-corrected chi connectivity index (χ2v) is 8.23. The van der Waals surface area contributed by atoms with Crippen molar-refractivity contribution in [2.24, 2.45) is 0 Å². The topological polar surface area (TPSA) is 97.3 Å². The third kappa shape index (κ3) is 3.85. The van der Waals surface area contributed by atoms with Crippen molar-refractivity contribution in [1.82, 2.24) is 25.1 Å². The second-order valence-electron chi connectivity index (χ2n) is 8.23. The minimum absolute atomic E-state index is 0.0212.